The van der Waals surface area contributed by atoms with E-state index in [0.717, 1.165) is 93.7 Å². The number of carbonyl (C=O) groups excluding carboxylic acids is 4. The number of imide groups is 2. The smallest absolute Gasteiger partial charge is 0.262 e. The molecule has 3 atom stereocenters. The second-order valence-electron chi connectivity index (χ2n) is 17.6. The third-order valence-corrected chi connectivity index (χ3v) is 13.6. The van der Waals surface area contributed by atoms with Crippen molar-refractivity contribution in [1.82, 2.24) is 20.0 Å². The number of benzene rings is 5. The first kappa shape index (κ1) is 40.8. The van der Waals surface area contributed by atoms with E-state index in [9.17, 15) is 19.2 Å². The van der Waals surface area contributed by atoms with Gasteiger partial charge < -0.3 is 14.4 Å². The fraction of sp³-hybridized carbons (Fsp3) is 0.346. The van der Waals surface area contributed by atoms with Crippen molar-refractivity contribution in [1.29, 1.82) is 0 Å². The molecule has 3 saturated heterocycles. The molecule has 4 heterocycles. The molecular weight excluding hydrogens is 791 g/mol. The summed E-state index contributed by atoms with van der Waals surface area (Å²) in [4.78, 5) is 58.8. The van der Waals surface area contributed by atoms with Crippen molar-refractivity contribution in [3.05, 3.63) is 160 Å². The minimum absolute atomic E-state index is 0.102. The normalized spacial score (nSPS) is 21.7. The Morgan fingerprint density at radius 3 is 2.11 bits per heavy atom. The first-order valence-electron chi connectivity index (χ1n) is 22.5. The lowest BCUT2D eigenvalue weighted by molar-refractivity contribution is -0.136. The molecule has 1 N–H and O–H groups in total. The number of likely N-dealkylation sites (tertiary alicyclic amines) is 1. The number of ether oxygens (including phenoxy) is 2. The third-order valence-electron chi connectivity index (χ3n) is 13.6. The van der Waals surface area contributed by atoms with E-state index < -0.39 is 23.8 Å². The van der Waals surface area contributed by atoms with Crippen molar-refractivity contribution in [2.75, 3.05) is 57.3 Å². The summed E-state index contributed by atoms with van der Waals surface area (Å²) in [5, 5.41) is 2.25. The topological polar surface area (TPSA) is 112 Å². The zero-order chi connectivity index (χ0) is 42.9. The van der Waals surface area contributed by atoms with Crippen LogP contribution in [-0.2, 0) is 22.6 Å². The largest absolute Gasteiger partial charge is 0.489 e. The van der Waals surface area contributed by atoms with E-state index in [2.05, 4.69) is 105 Å². The van der Waals surface area contributed by atoms with Crippen LogP contribution < -0.4 is 19.7 Å². The first-order chi connectivity index (χ1) is 30.8. The summed E-state index contributed by atoms with van der Waals surface area (Å²) in [6.07, 6.45) is 3.62. The molecule has 10 rings (SSSR count). The second-order valence-corrected chi connectivity index (χ2v) is 17.6. The van der Waals surface area contributed by atoms with Gasteiger partial charge in [-0.05, 0) is 115 Å². The highest BCUT2D eigenvalue weighted by Gasteiger charge is 2.45. The Balaban J connectivity index is 0.687. The van der Waals surface area contributed by atoms with Crippen molar-refractivity contribution in [3.63, 3.8) is 0 Å². The van der Waals surface area contributed by atoms with Crippen LogP contribution in [0.25, 0.3) is 0 Å². The van der Waals surface area contributed by atoms with Gasteiger partial charge in [0.1, 0.15) is 30.3 Å². The maximum atomic E-state index is 13.3. The number of rotatable bonds is 13. The van der Waals surface area contributed by atoms with Crippen LogP contribution in [0.4, 0.5) is 5.69 Å². The number of nitrogens with zero attached hydrogens (tertiary/aromatic N) is 4. The van der Waals surface area contributed by atoms with Crippen LogP contribution in [-0.4, -0.2) is 103 Å². The third kappa shape index (κ3) is 8.60. The van der Waals surface area contributed by atoms with Gasteiger partial charge in [-0.15, -0.1) is 0 Å². The molecule has 1 aliphatic carbocycles. The molecule has 3 fully saturated rings. The standard InChI is InChI=1S/C52H53N5O6/c58-48-23-22-47(50(59)53-48)57-51(60)45-20-15-39(31-46(45)52(57)61)56-28-26-54(27-29-56)24-7-25-55-32-42(33-55)63-40-16-12-37(13-17-40)49-43(36-10-5-2-6-11-36)19-14-38-30-41(18-21-44(38)49)62-34-35-8-3-1-4-9-35/h1-6,8-13,15-18,20-21,30-31,42-43,47,49H,7,14,19,22-29,32-34H2,(H,53,58,59). The molecular formula is C52H53N5O6. The summed E-state index contributed by atoms with van der Waals surface area (Å²) < 4.78 is 12.7. The number of nitrogens with one attached hydrogen (secondary N) is 1. The molecule has 11 heteroatoms. The average molecular weight is 844 g/mol. The van der Waals surface area contributed by atoms with Crippen molar-refractivity contribution in [3.8, 4) is 11.5 Å². The molecule has 4 aliphatic heterocycles. The van der Waals surface area contributed by atoms with Gasteiger partial charge in [-0.3, -0.25) is 39.2 Å². The number of amides is 4. The second kappa shape index (κ2) is 17.8. The summed E-state index contributed by atoms with van der Waals surface area (Å²) in [6, 6.07) is 41.2. The zero-order valence-electron chi connectivity index (χ0n) is 35.5. The lowest BCUT2D eigenvalue weighted by atomic mass is 9.69. The van der Waals surface area contributed by atoms with E-state index in [4.69, 9.17) is 9.47 Å². The van der Waals surface area contributed by atoms with E-state index >= 15 is 0 Å². The van der Waals surface area contributed by atoms with E-state index in [1.807, 2.05) is 24.3 Å². The number of hydrogen-bond donors (Lipinski definition) is 1. The van der Waals surface area contributed by atoms with Crippen LogP contribution in [0.5, 0.6) is 11.5 Å². The van der Waals surface area contributed by atoms with E-state index in [-0.39, 0.29) is 30.8 Å². The molecule has 0 spiro atoms. The molecule has 11 nitrogen and oxygen atoms in total. The Morgan fingerprint density at radius 2 is 1.35 bits per heavy atom. The van der Waals surface area contributed by atoms with Gasteiger partial charge in [-0.2, -0.15) is 0 Å². The highest BCUT2D eigenvalue weighted by Crippen LogP contribution is 2.47. The molecule has 4 amide bonds. The summed E-state index contributed by atoms with van der Waals surface area (Å²) >= 11 is 0. The van der Waals surface area contributed by atoms with Crippen LogP contribution in [0.3, 0.4) is 0 Å². The highest BCUT2D eigenvalue weighted by atomic mass is 16.5. The van der Waals surface area contributed by atoms with Crippen molar-refractivity contribution in [2.45, 2.75) is 62.7 Å². The van der Waals surface area contributed by atoms with Gasteiger partial charge in [0, 0.05) is 57.3 Å². The predicted octanol–water partition coefficient (Wildman–Crippen LogP) is 6.80. The summed E-state index contributed by atoms with van der Waals surface area (Å²) in [5.74, 6) is 0.541. The lowest BCUT2D eigenvalue weighted by Crippen LogP contribution is -2.54. The van der Waals surface area contributed by atoms with Crippen LogP contribution in [0.15, 0.2) is 121 Å². The quantitative estimate of drug-likeness (QED) is 0.128. The molecule has 0 radical (unpaired) electrons. The number of piperazine rings is 1. The lowest BCUT2D eigenvalue weighted by Gasteiger charge is -2.40. The van der Waals surface area contributed by atoms with Gasteiger partial charge in [-0.1, -0.05) is 78.9 Å². The molecule has 322 valence electrons. The predicted molar refractivity (Wildman–Crippen MR) is 240 cm³/mol. The number of anilines is 1. The maximum Gasteiger partial charge on any atom is 0.262 e. The maximum absolute atomic E-state index is 13.3. The highest BCUT2D eigenvalue weighted by molar-refractivity contribution is 6.23. The van der Waals surface area contributed by atoms with Crippen LogP contribution in [0.1, 0.15) is 86.1 Å². The van der Waals surface area contributed by atoms with Crippen LogP contribution >= 0.6 is 0 Å². The number of piperidine rings is 1. The number of hydrogen-bond acceptors (Lipinski definition) is 9. The Kier molecular flexibility index (Phi) is 11.5. The van der Waals surface area contributed by atoms with Crippen LogP contribution in [0, 0.1) is 0 Å². The number of carbonyl (C=O) groups is 4. The molecule has 5 aromatic carbocycles. The summed E-state index contributed by atoms with van der Waals surface area (Å²) in [5.41, 5.74) is 8.13. The fourth-order valence-electron chi connectivity index (χ4n) is 10.2. The Hall–Kier alpha value is -6.30. The van der Waals surface area contributed by atoms with Gasteiger partial charge in [0.25, 0.3) is 11.8 Å². The Morgan fingerprint density at radius 1 is 0.635 bits per heavy atom. The van der Waals surface area contributed by atoms with Gasteiger partial charge in [-0.25, -0.2) is 0 Å². The molecule has 3 unspecified atom stereocenters. The minimum atomic E-state index is -0.961. The number of aryl methyl sites for hydroxylation is 1. The van der Waals surface area contributed by atoms with E-state index in [1.165, 1.54) is 27.8 Å². The van der Waals surface area contributed by atoms with E-state index in [1.54, 1.807) is 12.1 Å². The van der Waals surface area contributed by atoms with E-state index in [0.29, 0.717) is 23.7 Å². The molecule has 0 bridgehead atoms. The van der Waals surface area contributed by atoms with Crippen LogP contribution in [0.2, 0.25) is 0 Å². The molecule has 5 aliphatic rings. The number of fused-ring (bicyclic) bond motifs is 2. The summed E-state index contributed by atoms with van der Waals surface area (Å²) in [6.45, 7) is 7.93. The molecule has 0 saturated carbocycles. The average Bonchev–Trinajstić information content (AvgIpc) is 3.55. The van der Waals surface area contributed by atoms with Gasteiger partial charge in [0.15, 0.2) is 0 Å². The SMILES string of the molecule is O=C1CCC(N2C(=O)c3ccc(N4CCN(CCCN5CC(Oc6ccc(C7c8ccc(OCc9ccccc9)cc8CCC7c7ccccc7)cc6)C5)CC4)cc3C2=O)C(=O)N1. The Bertz CT molecular complexity index is 2480. The Labute approximate surface area is 368 Å². The molecule has 5 aromatic rings. The summed E-state index contributed by atoms with van der Waals surface area (Å²) in [7, 11) is 0. The van der Waals surface area contributed by atoms with Gasteiger partial charge >= 0.3 is 0 Å². The van der Waals surface area contributed by atoms with Crippen molar-refractivity contribution < 1.29 is 28.7 Å². The van der Waals surface area contributed by atoms with Gasteiger partial charge in [0.05, 0.1) is 11.1 Å². The first-order valence-corrected chi connectivity index (χ1v) is 22.5. The van der Waals surface area contributed by atoms with Crippen molar-refractivity contribution >= 4 is 29.3 Å². The monoisotopic (exact) mass is 843 g/mol. The van der Waals surface area contributed by atoms with Gasteiger partial charge in [0.2, 0.25) is 11.8 Å². The van der Waals surface area contributed by atoms with Crippen molar-refractivity contribution in [2.24, 2.45) is 0 Å². The fourth-order valence-corrected chi connectivity index (χ4v) is 10.2. The molecule has 0 aromatic heterocycles. The zero-order valence-corrected chi connectivity index (χ0v) is 35.5. The molecule has 63 heavy (non-hydrogen) atoms. The minimum Gasteiger partial charge on any atom is -0.489 e.